The van der Waals surface area contributed by atoms with E-state index in [0.717, 1.165) is 40.2 Å². The summed E-state index contributed by atoms with van der Waals surface area (Å²) in [5.74, 6) is -0.291. The molecule has 2 aromatic heterocycles. The molecule has 0 unspecified atom stereocenters. The first-order chi connectivity index (χ1) is 13.1. The number of methoxy groups -OCH3 is 1. The topological polar surface area (TPSA) is 90.1 Å². The van der Waals surface area contributed by atoms with E-state index in [1.807, 2.05) is 6.07 Å². The highest BCUT2D eigenvalue weighted by molar-refractivity contribution is 7.22. The minimum atomic E-state index is -0.607. The molecule has 3 N–H and O–H groups in total. The minimum absolute atomic E-state index is 0.132. The van der Waals surface area contributed by atoms with Gasteiger partial charge in [0.25, 0.3) is 5.91 Å². The van der Waals surface area contributed by atoms with Gasteiger partial charge in [0.2, 0.25) is 0 Å². The van der Waals surface area contributed by atoms with Gasteiger partial charge in [0.05, 0.1) is 17.3 Å². The smallest absolute Gasteiger partial charge is 0.271 e. The maximum absolute atomic E-state index is 13.4. The molecule has 1 fully saturated rings. The van der Waals surface area contributed by atoms with Crippen LogP contribution in [0.4, 0.5) is 9.52 Å². The molecular formula is C19H19FN4O2S. The molecule has 140 valence electrons. The largest absolute Gasteiger partial charge is 0.494 e. The quantitative estimate of drug-likeness (QED) is 0.698. The van der Waals surface area contributed by atoms with E-state index in [1.165, 1.54) is 30.6 Å². The first-order valence-electron chi connectivity index (χ1n) is 8.72. The maximum Gasteiger partial charge on any atom is 0.271 e. The molecular weight excluding hydrogens is 367 g/mol. The zero-order chi connectivity index (χ0) is 19.0. The van der Waals surface area contributed by atoms with Gasteiger partial charge < -0.3 is 15.8 Å². The van der Waals surface area contributed by atoms with E-state index >= 15 is 0 Å². The Bertz CT molecular complexity index is 1010. The van der Waals surface area contributed by atoms with Gasteiger partial charge in [-0.1, -0.05) is 17.8 Å². The number of thiazole rings is 1. The van der Waals surface area contributed by atoms with Gasteiger partial charge in [-0.05, 0) is 37.1 Å². The summed E-state index contributed by atoms with van der Waals surface area (Å²) in [6.45, 7) is 0. The fourth-order valence-electron chi connectivity index (χ4n) is 3.77. The molecule has 0 radical (unpaired) electrons. The van der Waals surface area contributed by atoms with Crippen LogP contribution in [0, 0.1) is 5.82 Å². The van der Waals surface area contributed by atoms with E-state index in [9.17, 15) is 9.18 Å². The summed E-state index contributed by atoms with van der Waals surface area (Å²) in [6, 6.07) is 6.60. The normalized spacial score (nSPS) is 19.3. The van der Waals surface area contributed by atoms with Crippen molar-refractivity contribution in [3.05, 3.63) is 47.5 Å². The molecule has 27 heavy (non-hydrogen) atoms. The van der Waals surface area contributed by atoms with Gasteiger partial charge in [-0.2, -0.15) is 0 Å². The van der Waals surface area contributed by atoms with Crippen LogP contribution in [0.25, 0.3) is 10.2 Å². The number of pyridine rings is 1. The fraction of sp³-hybridized carbons (Fsp3) is 0.316. The van der Waals surface area contributed by atoms with Crippen molar-refractivity contribution < 1.29 is 13.9 Å². The predicted octanol–water partition coefficient (Wildman–Crippen LogP) is 3.69. The average Bonchev–Trinajstić information content (AvgIpc) is 3.27. The number of anilines is 1. The third-order valence-electron chi connectivity index (χ3n) is 4.95. The molecule has 1 aliphatic rings. The zero-order valence-electron chi connectivity index (χ0n) is 14.7. The van der Waals surface area contributed by atoms with Crippen LogP contribution in [0.1, 0.15) is 41.2 Å². The van der Waals surface area contributed by atoms with Crippen LogP contribution in [0.5, 0.6) is 5.75 Å². The summed E-state index contributed by atoms with van der Waals surface area (Å²) in [6.07, 6.45) is 4.55. The van der Waals surface area contributed by atoms with Crippen molar-refractivity contribution in [2.45, 2.75) is 31.2 Å². The Labute approximate surface area is 159 Å². The molecule has 1 aliphatic carbocycles. The molecule has 2 atom stereocenters. The number of nitrogens with one attached hydrogen (secondary N) is 1. The van der Waals surface area contributed by atoms with E-state index in [-0.39, 0.29) is 23.5 Å². The number of primary amides is 1. The van der Waals surface area contributed by atoms with Crippen molar-refractivity contribution in [1.29, 1.82) is 0 Å². The summed E-state index contributed by atoms with van der Waals surface area (Å²) in [7, 11) is 1.52. The third-order valence-corrected chi connectivity index (χ3v) is 5.90. The van der Waals surface area contributed by atoms with Gasteiger partial charge in [0.15, 0.2) is 16.6 Å². The standard InChI is InChI=1S/C19H19FN4O2S/c1-26-17-12(7-8-22-16(17)18(21)25)11-3-2-4-13(11)23-19-24-14-6-5-10(20)9-15(14)27-19/h5-9,11,13H,2-4H2,1H3,(H2,21,25)(H,23,24)/t11-,13-/m0/s1. The number of benzene rings is 1. The van der Waals surface area contributed by atoms with Gasteiger partial charge >= 0.3 is 0 Å². The highest BCUT2D eigenvalue weighted by Gasteiger charge is 2.32. The van der Waals surface area contributed by atoms with Crippen LogP contribution in [0.3, 0.4) is 0 Å². The summed E-state index contributed by atoms with van der Waals surface area (Å²) in [5, 5.41) is 4.25. The number of halogens is 1. The molecule has 0 bridgehead atoms. The van der Waals surface area contributed by atoms with E-state index in [1.54, 1.807) is 12.3 Å². The molecule has 6 nitrogen and oxygen atoms in total. The number of nitrogens with two attached hydrogens (primary N) is 1. The molecule has 2 heterocycles. The SMILES string of the molecule is COc1c([C@@H]2CCC[C@@H]2Nc2nc3ccc(F)cc3s2)ccnc1C(N)=O. The van der Waals surface area contributed by atoms with E-state index < -0.39 is 5.91 Å². The molecule has 1 amide bonds. The predicted molar refractivity (Wildman–Crippen MR) is 103 cm³/mol. The highest BCUT2D eigenvalue weighted by Crippen LogP contribution is 2.41. The Morgan fingerprint density at radius 2 is 2.22 bits per heavy atom. The van der Waals surface area contributed by atoms with Crippen molar-refractivity contribution in [2.24, 2.45) is 5.73 Å². The lowest BCUT2D eigenvalue weighted by atomic mass is 9.93. The Balaban J connectivity index is 1.64. The average molecular weight is 386 g/mol. The lowest BCUT2D eigenvalue weighted by Crippen LogP contribution is -2.24. The zero-order valence-corrected chi connectivity index (χ0v) is 15.6. The van der Waals surface area contributed by atoms with Crippen LogP contribution in [0.15, 0.2) is 30.5 Å². The lowest BCUT2D eigenvalue weighted by Gasteiger charge is -2.23. The van der Waals surface area contributed by atoms with Crippen LogP contribution >= 0.6 is 11.3 Å². The second-order valence-electron chi connectivity index (χ2n) is 6.57. The number of carbonyl (C=O) groups excluding carboxylic acids is 1. The first kappa shape index (κ1) is 17.7. The summed E-state index contributed by atoms with van der Waals surface area (Å²) >= 11 is 1.43. The number of hydrogen-bond donors (Lipinski definition) is 2. The van der Waals surface area contributed by atoms with Gasteiger partial charge in [-0.25, -0.2) is 14.4 Å². The molecule has 8 heteroatoms. The Morgan fingerprint density at radius 1 is 1.37 bits per heavy atom. The molecule has 1 saturated carbocycles. The van der Waals surface area contributed by atoms with Crippen molar-refractivity contribution in [2.75, 3.05) is 12.4 Å². The van der Waals surface area contributed by atoms with Gasteiger partial charge in [-0.15, -0.1) is 0 Å². The Kier molecular flexibility index (Phi) is 4.65. The van der Waals surface area contributed by atoms with Crippen LogP contribution in [-0.4, -0.2) is 29.0 Å². The third kappa shape index (κ3) is 3.32. The molecule has 3 aromatic rings. The highest BCUT2D eigenvalue weighted by atomic mass is 32.1. The minimum Gasteiger partial charge on any atom is -0.494 e. The van der Waals surface area contributed by atoms with E-state index in [2.05, 4.69) is 15.3 Å². The van der Waals surface area contributed by atoms with Gasteiger partial charge in [0.1, 0.15) is 5.82 Å². The summed E-state index contributed by atoms with van der Waals surface area (Å²) in [4.78, 5) is 20.3. The lowest BCUT2D eigenvalue weighted by molar-refractivity contribution is 0.0992. The van der Waals surface area contributed by atoms with Crippen LogP contribution in [0.2, 0.25) is 0 Å². The van der Waals surface area contributed by atoms with Crippen LogP contribution < -0.4 is 15.8 Å². The maximum atomic E-state index is 13.4. The molecule has 1 aromatic carbocycles. The number of aromatic nitrogens is 2. The number of rotatable bonds is 5. The molecule has 0 saturated heterocycles. The molecule has 4 rings (SSSR count). The Morgan fingerprint density at radius 3 is 3.00 bits per heavy atom. The summed E-state index contributed by atoms with van der Waals surface area (Å²) < 4.78 is 19.7. The number of carbonyl (C=O) groups is 1. The second kappa shape index (κ2) is 7.11. The van der Waals surface area contributed by atoms with Gasteiger partial charge in [0, 0.05) is 23.7 Å². The van der Waals surface area contributed by atoms with E-state index in [4.69, 9.17) is 10.5 Å². The van der Waals surface area contributed by atoms with Crippen molar-refractivity contribution in [3.8, 4) is 5.75 Å². The molecule has 0 spiro atoms. The van der Waals surface area contributed by atoms with Crippen LogP contribution in [-0.2, 0) is 0 Å². The van der Waals surface area contributed by atoms with Crippen molar-refractivity contribution in [1.82, 2.24) is 9.97 Å². The fourth-order valence-corrected chi connectivity index (χ4v) is 4.72. The Hall–Kier alpha value is -2.74. The first-order valence-corrected chi connectivity index (χ1v) is 9.54. The molecule has 0 aliphatic heterocycles. The number of nitrogens with zero attached hydrogens (tertiary/aromatic N) is 2. The number of ether oxygens (including phenoxy) is 1. The van der Waals surface area contributed by atoms with Gasteiger partial charge in [-0.3, -0.25) is 4.79 Å². The monoisotopic (exact) mass is 386 g/mol. The second-order valence-corrected chi connectivity index (χ2v) is 7.60. The van der Waals surface area contributed by atoms with Crippen molar-refractivity contribution in [3.63, 3.8) is 0 Å². The number of amides is 1. The van der Waals surface area contributed by atoms with Crippen molar-refractivity contribution >= 4 is 32.6 Å². The number of hydrogen-bond acceptors (Lipinski definition) is 6. The number of fused-ring (bicyclic) bond motifs is 1. The summed E-state index contributed by atoms with van der Waals surface area (Å²) in [5.41, 5.74) is 7.28. The van der Waals surface area contributed by atoms with E-state index in [0.29, 0.717) is 5.75 Å².